The van der Waals surface area contributed by atoms with Crippen molar-refractivity contribution in [3.05, 3.63) is 22.7 Å². The number of nitrogens with zero attached hydrogens (tertiary/aromatic N) is 2. The van der Waals surface area contributed by atoms with Gasteiger partial charge in [0.15, 0.2) is 0 Å². The lowest BCUT2D eigenvalue weighted by molar-refractivity contribution is -0.0245. The van der Waals surface area contributed by atoms with Crippen LogP contribution in [-0.2, 0) is 4.74 Å². The Morgan fingerprint density at radius 3 is 2.94 bits per heavy atom. The number of anilines is 1. The summed E-state index contributed by atoms with van der Waals surface area (Å²) in [7, 11) is 0. The van der Waals surface area contributed by atoms with E-state index in [0.717, 1.165) is 6.42 Å². The van der Waals surface area contributed by atoms with Gasteiger partial charge in [0.2, 0.25) is 0 Å². The molecule has 0 saturated carbocycles. The predicted octanol–water partition coefficient (Wildman–Crippen LogP) is -0.0828. The molecule has 1 saturated heterocycles. The topological polar surface area (TPSA) is 90.4 Å². The minimum atomic E-state index is -0.418. The second kappa shape index (κ2) is 5.29. The van der Waals surface area contributed by atoms with Crippen LogP contribution in [0.3, 0.4) is 0 Å². The molecule has 90 valence electrons. The lowest BCUT2D eigenvalue weighted by atomic mass is 10.2. The first-order valence-corrected chi connectivity index (χ1v) is 4.81. The van der Waals surface area contributed by atoms with Gasteiger partial charge in [0.05, 0.1) is 12.7 Å². The molecule has 3 N–H and O–H groups in total. The molecule has 0 radical (unpaired) electrons. The van der Waals surface area contributed by atoms with Crippen molar-refractivity contribution in [3.8, 4) is 0 Å². The van der Waals surface area contributed by atoms with E-state index in [-0.39, 0.29) is 37.2 Å². The van der Waals surface area contributed by atoms with Gasteiger partial charge in [0, 0.05) is 6.20 Å². The van der Waals surface area contributed by atoms with Crippen molar-refractivity contribution in [3.63, 3.8) is 0 Å². The summed E-state index contributed by atoms with van der Waals surface area (Å²) in [5.74, 6) is 0.202. The molecule has 0 unspecified atom stereocenters. The van der Waals surface area contributed by atoms with Gasteiger partial charge in [0.1, 0.15) is 12.0 Å². The summed E-state index contributed by atoms with van der Waals surface area (Å²) in [6.45, 7) is -0.0202. The van der Waals surface area contributed by atoms with Crippen LogP contribution in [0.15, 0.2) is 17.1 Å². The molecule has 2 atom stereocenters. The van der Waals surface area contributed by atoms with Crippen LogP contribution in [0.4, 0.5) is 5.82 Å². The largest absolute Gasteiger partial charge is 0.394 e. The Morgan fingerprint density at radius 1 is 1.62 bits per heavy atom. The molecule has 0 bridgehead atoms. The number of nitrogens with two attached hydrogens (primary N) is 1. The Kier molecular flexibility index (Phi) is 4.28. The van der Waals surface area contributed by atoms with Crippen molar-refractivity contribution < 1.29 is 9.84 Å². The molecule has 1 aromatic heterocycles. The average molecular weight is 248 g/mol. The third-order valence-electron chi connectivity index (χ3n) is 2.45. The Morgan fingerprint density at radius 2 is 2.38 bits per heavy atom. The standard InChI is InChI=1S/C9H13N3O3.ClH/c10-7-3-4-12(9(14)11-7)8-2-1-6(5-13)15-8;/h3-4,6,8,13H,1-2,5H2,(H2,10,11,14);1H/t6-,8+;/m0./s1. The normalized spacial score (nSPS) is 24.1. The van der Waals surface area contributed by atoms with E-state index in [1.807, 2.05) is 0 Å². The minimum absolute atomic E-state index is 0. The number of hydrogen-bond acceptors (Lipinski definition) is 5. The number of aromatic nitrogens is 2. The summed E-state index contributed by atoms with van der Waals surface area (Å²) in [5, 5.41) is 8.90. The second-order valence-electron chi connectivity index (χ2n) is 3.51. The predicted molar refractivity (Wildman–Crippen MR) is 60.4 cm³/mol. The first kappa shape index (κ1) is 13.0. The fourth-order valence-electron chi connectivity index (χ4n) is 1.67. The van der Waals surface area contributed by atoms with Crippen LogP contribution in [0.1, 0.15) is 19.1 Å². The number of hydrogen-bond donors (Lipinski definition) is 2. The second-order valence-corrected chi connectivity index (χ2v) is 3.51. The van der Waals surface area contributed by atoms with Gasteiger partial charge in [-0.25, -0.2) is 4.79 Å². The number of ether oxygens (including phenoxy) is 1. The van der Waals surface area contributed by atoms with Crippen molar-refractivity contribution in [2.75, 3.05) is 12.3 Å². The monoisotopic (exact) mass is 247 g/mol. The van der Waals surface area contributed by atoms with Gasteiger partial charge >= 0.3 is 5.69 Å². The molecule has 0 amide bonds. The summed E-state index contributed by atoms with van der Waals surface area (Å²) >= 11 is 0. The van der Waals surface area contributed by atoms with E-state index in [1.54, 1.807) is 12.3 Å². The van der Waals surface area contributed by atoms with Gasteiger partial charge in [0.25, 0.3) is 0 Å². The van der Waals surface area contributed by atoms with Crippen LogP contribution in [0.5, 0.6) is 0 Å². The lowest BCUT2D eigenvalue weighted by Gasteiger charge is -2.14. The molecule has 0 aliphatic carbocycles. The summed E-state index contributed by atoms with van der Waals surface area (Å²) in [6.07, 6.45) is 2.51. The first-order valence-electron chi connectivity index (χ1n) is 4.81. The van der Waals surface area contributed by atoms with E-state index in [0.29, 0.717) is 6.42 Å². The molecule has 1 aliphatic rings. The number of halogens is 1. The zero-order valence-electron chi connectivity index (χ0n) is 8.57. The van der Waals surface area contributed by atoms with Crippen LogP contribution < -0.4 is 11.4 Å². The van der Waals surface area contributed by atoms with Crippen molar-refractivity contribution >= 4 is 18.2 Å². The van der Waals surface area contributed by atoms with Crippen molar-refractivity contribution in [2.45, 2.75) is 25.2 Å². The Labute approximate surface area is 98.5 Å². The first-order chi connectivity index (χ1) is 7.20. The molecule has 0 spiro atoms. The van der Waals surface area contributed by atoms with E-state index in [9.17, 15) is 4.79 Å². The van der Waals surface area contributed by atoms with Crippen LogP contribution >= 0.6 is 12.4 Å². The maximum atomic E-state index is 11.5. The van der Waals surface area contributed by atoms with Crippen LogP contribution in [0, 0.1) is 0 Å². The fraction of sp³-hybridized carbons (Fsp3) is 0.556. The quantitative estimate of drug-likeness (QED) is 0.763. The smallest absolute Gasteiger partial charge is 0.351 e. The number of nitrogen functional groups attached to an aromatic ring is 1. The molecule has 0 aromatic carbocycles. The molecule has 2 rings (SSSR count). The van der Waals surface area contributed by atoms with Crippen LogP contribution in [0.25, 0.3) is 0 Å². The maximum Gasteiger partial charge on any atom is 0.351 e. The highest BCUT2D eigenvalue weighted by Crippen LogP contribution is 2.26. The lowest BCUT2D eigenvalue weighted by Crippen LogP contribution is -2.27. The summed E-state index contributed by atoms with van der Waals surface area (Å²) in [4.78, 5) is 15.1. The number of rotatable bonds is 2. The van der Waals surface area contributed by atoms with Crippen molar-refractivity contribution in [1.82, 2.24) is 9.55 Å². The van der Waals surface area contributed by atoms with Crippen molar-refractivity contribution in [1.29, 1.82) is 0 Å². The number of aliphatic hydroxyl groups excluding tert-OH is 1. The zero-order chi connectivity index (χ0) is 10.8. The summed E-state index contributed by atoms with van der Waals surface area (Å²) in [6, 6.07) is 1.55. The fourth-order valence-corrected chi connectivity index (χ4v) is 1.67. The highest BCUT2D eigenvalue weighted by Gasteiger charge is 2.26. The van der Waals surface area contributed by atoms with E-state index in [4.69, 9.17) is 15.6 Å². The molecule has 6 nitrogen and oxygen atoms in total. The number of aliphatic hydroxyl groups is 1. The van der Waals surface area contributed by atoms with E-state index < -0.39 is 5.69 Å². The van der Waals surface area contributed by atoms with Gasteiger partial charge in [-0.3, -0.25) is 4.57 Å². The van der Waals surface area contributed by atoms with Crippen LogP contribution in [0.2, 0.25) is 0 Å². The molecule has 1 aromatic rings. The Bertz CT molecular complexity index is 409. The van der Waals surface area contributed by atoms with E-state index in [2.05, 4.69) is 4.98 Å². The van der Waals surface area contributed by atoms with E-state index in [1.165, 1.54) is 4.57 Å². The molecular formula is C9H14ClN3O3. The molecule has 1 aliphatic heterocycles. The SMILES string of the molecule is Cl.Nc1ccn([C@H]2CC[C@@H](CO)O2)c(=O)n1. The average Bonchev–Trinajstić information content (AvgIpc) is 2.66. The van der Waals surface area contributed by atoms with Gasteiger partial charge in [-0.1, -0.05) is 0 Å². The third-order valence-corrected chi connectivity index (χ3v) is 2.45. The molecule has 1 fully saturated rings. The maximum absolute atomic E-state index is 11.5. The Balaban J connectivity index is 0.00000128. The molecule has 2 heterocycles. The summed E-state index contributed by atoms with van der Waals surface area (Å²) in [5.41, 5.74) is 4.96. The highest BCUT2D eigenvalue weighted by molar-refractivity contribution is 5.85. The van der Waals surface area contributed by atoms with Gasteiger partial charge in [-0.05, 0) is 18.9 Å². The van der Waals surface area contributed by atoms with Gasteiger partial charge in [-0.2, -0.15) is 4.98 Å². The molecule has 7 heteroatoms. The van der Waals surface area contributed by atoms with Gasteiger partial charge < -0.3 is 15.6 Å². The third kappa shape index (κ3) is 2.52. The zero-order valence-corrected chi connectivity index (χ0v) is 9.39. The van der Waals surface area contributed by atoms with Crippen molar-refractivity contribution in [2.24, 2.45) is 0 Å². The Hall–Kier alpha value is -1.11. The minimum Gasteiger partial charge on any atom is -0.394 e. The summed E-state index contributed by atoms with van der Waals surface area (Å²) < 4.78 is 6.84. The molecule has 16 heavy (non-hydrogen) atoms. The van der Waals surface area contributed by atoms with Crippen LogP contribution in [-0.4, -0.2) is 27.4 Å². The molecular weight excluding hydrogens is 234 g/mol. The van der Waals surface area contributed by atoms with E-state index >= 15 is 0 Å². The highest BCUT2D eigenvalue weighted by atomic mass is 35.5. The van der Waals surface area contributed by atoms with Gasteiger partial charge in [-0.15, -0.1) is 12.4 Å².